The van der Waals surface area contributed by atoms with Crippen LogP contribution in [0, 0.1) is 5.82 Å². The van der Waals surface area contributed by atoms with E-state index in [-0.39, 0.29) is 18.3 Å². The van der Waals surface area contributed by atoms with E-state index >= 15 is 0 Å². The summed E-state index contributed by atoms with van der Waals surface area (Å²) < 4.78 is 20.0. The van der Waals surface area contributed by atoms with Crippen molar-refractivity contribution in [2.24, 2.45) is 0 Å². The molecule has 1 aliphatic rings. The lowest BCUT2D eigenvalue weighted by Gasteiger charge is -2.12. The van der Waals surface area contributed by atoms with Crippen molar-refractivity contribution in [3.05, 3.63) is 70.4 Å². The van der Waals surface area contributed by atoms with E-state index in [1.807, 2.05) is 31.2 Å². The van der Waals surface area contributed by atoms with Crippen LogP contribution in [0.4, 0.5) is 4.39 Å². The van der Waals surface area contributed by atoms with Crippen LogP contribution in [0.15, 0.2) is 53.4 Å². The average Bonchev–Trinajstić information content (AvgIpc) is 2.89. The van der Waals surface area contributed by atoms with Crippen LogP contribution in [-0.4, -0.2) is 21.7 Å². The first-order chi connectivity index (χ1) is 12.6. The van der Waals surface area contributed by atoms with E-state index in [4.69, 9.17) is 17.0 Å². The molecule has 1 fully saturated rings. The molecule has 0 unspecified atom stereocenters. The molecule has 26 heavy (non-hydrogen) atoms. The number of amides is 1. The Labute approximate surface area is 161 Å². The van der Waals surface area contributed by atoms with Crippen molar-refractivity contribution in [2.75, 3.05) is 6.54 Å². The average molecular weight is 388 g/mol. The minimum Gasteiger partial charge on any atom is -0.489 e. The number of halogens is 1. The normalized spacial score (nSPS) is 15.8. The van der Waals surface area contributed by atoms with Crippen molar-refractivity contribution in [2.45, 2.75) is 20.0 Å². The topological polar surface area (TPSA) is 29.5 Å². The minimum absolute atomic E-state index is 0.0560. The van der Waals surface area contributed by atoms with E-state index in [0.717, 1.165) is 12.0 Å². The summed E-state index contributed by atoms with van der Waals surface area (Å²) in [5, 5.41) is 0. The van der Waals surface area contributed by atoms with Gasteiger partial charge in [0, 0.05) is 12.1 Å². The lowest BCUT2D eigenvalue weighted by molar-refractivity contribution is -0.122. The molecule has 0 aromatic heterocycles. The van der Waals surface area contributed by atoms with Crippen LogP contribution in [-0.2, 0) is 11.4 Å². The molecular weight excluding hydrogens is 369 g/mol. The van der Waals surface area contributed by atoms with Crippen LogP contribution in [0.3, 0.4) is 0 Å². The Morgan fingerprint density at radius 3 is 2.81 bits per heavy atom. The molecule has 1 saturated heterocycles. The van der Waals surface area contributed by atoms with Gasteiger partial charge in [-0.05, 0) is 36.3 Å². The van der Waals surface area contributed by atoms with Gasteiger partial charge in [-0.1, -0.05) is 61.2 Å². The minimum atomic E-state index is -0.289. The number of thioether (sulfide) groups is 1. The van der Waals surface area contributed by atoms with Gasteiger partial charge >= 0.3 is 0 Å². The molecule has 0 bridgehead atoms. The van der Waals surface area contributed by atoms with Gasteiger partial charge in [0.05, 0.1) is 4.91 Å². The molecule has 0 atom stereocenters. The van der Waals surface area contributed by atoms with E-state index in [0.29, 0.717) is 27.1 Å². The van der Waals surface area contributed by atoms with E-state index in [1.165, 1.54) is 17.8 Å². The SMILES string of the molecule is CCCN1C(=O)/C(=C\c2cccc(OCc3ccccc3F)c2)SC1=S. The highest BCUT2D eigenvalue weighted by atomic mass is 32.2. The summed E-state index contributed by atoms with van der Waals surface area (Å²) in [7, 11) is 0. The van der Waals surface area contributed by atoms with Crippen LogP contribution in [0.2, 0.25) is 0 Å². The Morgan fingerprint density at radius 1 is 1.23 bits per heavy atom. The molecule has 2 aromatic carbocycles. The maximum atomic E-state index is 13.7. The molecule has 0 spiro atoms. The first kappa shape index (κ1) is 18.6. The number of hydrogen-bond donors (Lipinski definition) is 0. The van der Waals surface area contributed by atoms with Crippen molar-refractivity contribution < 1.29 is 13.9 Å². The lowest BCUT2D eigenvalue weighted by Crippen LogP contribution is -2.28. The summed E-state index contributed by atoms with van der Waals surface area (Å²) in [5.74, 6) is 0.272. The molecule has 1 heterocycles. The monoisotopic (exact) mass is 387 g/mol. The maximum absolute atomic E-state index is 13.7. The molecule has 2 aromatic rings. The van der Waals surface area contributed by atoms with Gasteiger partial charge in [-0.25, -0.2) is 4.39 Å². The molecule has 0 N–H and O–H groups in total. The highest BCUT2D eigenvalue weighted by Gasteiger charge is 2.31. The summed E-state index contributed by atoms with van der Waals surface area (Å²) in [6, 6.07) is 13.9. The van der Waals surface area contributed by atoms with Gasteiger partial charge < -0.3 is 4.74 Å². The van der Waals surface area contributed by atoms with Crippen LogP contribution < -0.4 is 4.74 Å². The van der Waals surface area contributed by atoms with Gasteiger partial charge in [-0.15, -0.1) is 0 Å². The largest absolute Gasteiger partial charge is 0.489 e. The third-order valence-electron chi connectivity index (χ3n) is 3.83. The van der Waals surface area contributed by atoms with Crippen molar-refractivity contribution in [1.29, 1.82) is 0 Å². The zero-order valence-corrected chi connectivity index (χ0v) is 15.9. The predicted molar refractivity (Wildman–Crippen MR) is 107 cm³/mol. The summed E-state index contributed by atoms with van der Waals surface area (Å²) in [5.41, 5.74) is 1.34. The molecule has 0 saturated carbocycles. The van der Waals surface area contributed by atoms with Crippen LogP contribution in [0.25, 0.3) is 6.08 Å². The molecule has 1 amide bonds. The number of hydrogen-bond acceptors (Lipinski definition) is 4. The van der Waals surface area contributed by atoms with Crippen molar-refractivity contribution in [3.8, 4) is 5.75 Å². The highest BCUT2D eigenvalue weighted by Crippen LogP contribution is 2.33. The van der Waals surface area contributed by atoms with Crippen LogP contribution in [0.1, 0.15) is 24.5 Å². The summed E-state index contributed by atoms with van der Waals surface area (Å²) in [4.78, 5) is 14.7. The number of nitrogens with zero attached hydrogens (tertiary/aromatic N) is 1. The lowest BCUT2D eigenvalue weighted by atomic mass is 10.2. The van der Waals surface area contributed by atoms with Crippen molar-refractivity contribution in [3.63, 3.8) is 0 Å². The van der Waals surface area contributed by atoms with E-state index in [9.17, 15) is 9.18 Å². The fourth-order valence-corrected chi connectivity index (χ4v) is 3.85. The quantitative estimate of drug-likeness (QED) is 0.514. The highest BCUT2D eigenvalue weighted by molar-refractivity contribution is 8.26. The van der Waals surface area contributed by atoms with Crippen molar-refractivity contribution >= 4 is 40.3 Å². The van der Waals surface area contributed by atoms with Gasteiger partial charge in [-0.2, -0.15) is 0 Å². The fourth-order valence-electron chi connectivity index (χ4n) is 2.54. The number of benzene rings is 2. The second-order valence-corrected chi connectivity index (χ2v) is 7.46. The molecule has 3 rings (SSSR count). The molecule has 0 radical (unpaired) electrons. The predicted octanol–water partition coefficient (Wildman–Crippen LogP) is 5.02. The summed E-state index contributed by atoms with van der Waals surface area (Å²) in [6.07, 6.45) is 2.67. The molecule has 134 valence electrons. The zero-order valence-electron chi connectivity index (χ0n) is 14.3. The zero-order chi connectivity index (χ0) is 18.5. The second-order valence-electron chi connectivity index (χ2n) is 5.79. The van der Waals surface area contributed by atoms with Crippen molar-refractivity contribution in [1.82, 2.24) is 4.90 Å². The van der Waals surface area contributed by atoms with E-state index < -0.39 is 0 Å². The third-order valence-corrected chi connectivity index (χ3v) is 5.21. The van der Waals surface area contributed by atoms with Gasteiger partial charge in [0.25, 0.3) is 5.91 Å². The Morgan fingerprint density at radius 2 is 2.04 bits per heavy atom. The maximum Gasteiger partial charge on any atom is 0.266 e. The first-order valence-corrected chi connectivity index (χ1v) is 9.52. The van der Waals surface area contributed by atoms with Gasteiger partial charge in [0.2, 0.25) is 0 Å². The molecule has 6 heteroatoms. The Bertz CT molecular complexity index is 866. The Kier molecular flexibility index (Phi) is 6.06. The smallest absolute Gasteiger partial charge is 0.266 e. The van der Waals surface area contributed by atoms with Gasteiger partial charge in [0.1, 0.15) is 22.5 Å². The molecule has 3 nitrogen and oxygen atoms in total. The third kappa shape index (κ3) is 4.31. The van der Waals surface area contributed by atoms with Crippen LogP contribution in [0.5, 0.6) is 5.75 Å². The molecule has 1 aliphatic heterocycles. The Hall–Kier alpha value is -2.18. The van der Waals surface area contributed by atoms with Gasteiger partial charge in [-0.3, -0.25) is 9.69 Å². The first-order valence-electron chi connectivity index (χ1n) is 8.30. The van der Waals surface area contributed by atoms with Crippen LogP contribution >= 0.6 is 24.0 Å². The summed E-state index contributed by atoms with van der Waals surface area (Å²) >= 11 is 6.59. The number of ether oxygens (including phenoxy) is 1. The fraction of sp³-hybridized carbons (Fsp3) is 0.200. The number of thiocarbonyl (C=S) groups is 1. The van der Waals surface area contributed by atoms with E-state index in [1.54, 1.807) is 29.2 Å². The second kappa shape index (κ2) is 8.47. The molecule has 0 aliphatic carbocycles. The van der Waals surface area contributed by atoms with Gasteiger partial charge in [0.15, 0.2) is 0 Å². The number of carbonyl (C=O) groups is 1. The standard InChI is InChI=1S/C20H18FNO2S2/c1-2-10-22-19(23)18(26-20(22)25)12-14-6-5-8-16(11-14)24-13-15-7-3-4-9-17(15)21/h3-9,11-12H,2,10,13H2,1H3/b18-12+. The number of carbonyl (C=O) groups excluding carboxylic acids is 1. The summed E-state index contributed by atoms with van der Waals surface area (Å²) in [6.45, 7) is 2.79. The van der Waals surface area contributed by atoms with E-state index in [2.05, 4.69) is 0 Å². The molecular formula is C20H18FNO2S2. The Balaban J connectivity index is 1.72. The number of rotatable bonds is 6.